The normalized spacial score (nSPS) is 56.7. The summed E-state index contributed by atoms with van der Waals surface area (Å²) in [5, 5.41) is 94.6. The molecule has 8 saturated carbocycles. The molecule has 0 radical (unpaired) electrons. The number of aliphatic hydroxyl groups excluding tert-OH is 4. The molecule has 23 atom stereocenters. The fourth-order valence-corrected chi connectivity index (χ4v) is 22.0. The number of ether oxygens (including phenoxy) is 1. The SMILES string of the molecule is C[C@@H]1CC[C@]2(C(=O)O)CC[C@]3(C)C(=CC[C@@H]4[C@@]5(C)C[C@@H](O)[C@@H](O)[C@](C)(C(=O)O[C@@H]6[C@H](O)C[C@@]7(C)C(CC[C@]8(C)[C@@H]7CC=C7C9[C@H](O)C(C)(C)CC[C@]9(C(=O)O)CC[C@]78C)[C@@]6(C)C(=O)O)C5CC[C@]43C)C2[C@]1(C)O. The number of aliphatic hydroxyl groups is 5. The van der Waals surface area contributed by atoms with E-state index in [1.54, 1.807) is 13.8 Å². The lowest BCUT2D eigenvalue weighted by atomic mass is 9.32. The van der Waals surface area contributed by atoms with E-state index in [9.17, 15) is 55.2 Å². The van der Waals surface area contributed by atoms with Gasteiger partial charge in [-0.3, -0.25) is 19.2 Å². The predicted octanol–water partition coefficient (Wildman–Crippen LogP) is 8.96. The average molecular weight is 1020 g/mol. The fourth-order valence-electron chi connectivity index (χ4n) is 22.0. The molecular formula is C60H90O13. The molecule has 4 unspecified atom stereocenters. The number of carbonyl (C=O) groups is 4. The van der Waals surface area contributed by atoms with E-state index in [2.05, 4.69) is 53.7 Å². The molecule has 0 aliphatic heterocycles. The second kappa shape index (κ2) is 15.9. The van der Waals surface area contributed by atoms with Crippen molar-refractivity contribution < 1.29 is 64.8 Å². The summed E-state index contributed by atoms with van der Waals surface area (Å²) >= 11 is 0. The topological polar surface area (TPSA) is 239 Å². The molecule has 10 aliphatic carbocycles. The number of carboxylic acids is 3. The third kappa shape index (κ3) is 6.21. The van der Waals surface area contributed by atoms with Crippen LogP contribution in [-0.4, -0.2) is 101 Å². The highest BCUT2D eigenvalue weighted by Gasteiger charge is 2.77. The summed E-state index contributed by atoms with van der Waals surface area (Å²) in [5.74, 6) is -6.27. The Hall–Kier alpha value is -2.84. The maximum absolute atomic E-state index is 15.5. The van der Waals surface area contributed by atoms with E-state index in [-0.39, 0.29) is 30.6 Å². The van der Waals surface area contributed by atoms with Crippen LogP contribution in [0.1, 0.15) is 186 Å². The minimum atomic E-state index is -1.75. The Morgan fingerprint density at radius 1 is 0.534 bits per heavy atom. The molecule has 0 amide bonds. The van der Waals surface area contributed by atoms with Gasteiger partial charge in [0.1, 0.15) is 11.5 Å². The predicted molar refractivity (Wildman–Crippen MR) is 271 cm³/mol. The van der Waals surface area contributed by atoms with Gasteiger partial charge in [-0.2, -0.15) is 0 Å². The van der Waals surface area contributed by atoms with Crippen molar-refractivity contribution in [2.75, 3.05) is 0 Å². The van der Waals surface area contributed by atoms with E-state index in [4.69, 9.17) is 4.74 Å². The highest BCUT2D eigenvalue weighted by molar-refractivity contribution is 5.81. The minimum absolute atomic E-state index is 0.104. The van der Waals surface area contributed by atoms with Gasteiger partial charge >= 0.3 is 23.9 Å². The Balaban J connectivity index is 0.971. The molecular weight excluding hydrogens is 929 g/mol. The third-order valence-corrected chi connectivity index (χ3v) is 27.1. The van der Waals surface area contributed by atoms with Crippen LogP contribution in [-0.2, 0) is 23.9 Å². The lowest BCUT2D eigenvalue weighted by Crippen LogP contribution is -2.71. The van der Waals surface area contributed by atoms with Crippen molar-refractivity contribution in [2.45, 2.75) is 222 Å². The van der Waals surface area contributed by atoms with Crippen molar-refractivity contribution >= 4 is 23.9 Å². The van der Waals surface area contributed by atoms with Gasteiger partial charge in [0.2, 0.25) is 0 Å². The van der Waals surface area contributed by atoms with Crippen LogP contribution >= 0.6 is 0 Å². The molecule has 0 aromatic rings. The molecule has 73 heavy (non-hydrogen) atoms. The number of esters is 1. The molecule has 0 bridgehead atoms. The maximum atomic E-state index is 15.5. The minimum Gasteiger partial charge on any atom is -0.481 e. The first kappa shape index (κ1) is 53.6. The van der Waals surface area contributed by atoms with Gasteiger partial charge in [-0.25, -0.2) is 0 Å². The molecule has 10 rings (SSSR count). The van der Waals surface area contributed by atoms with E-state index < -0.39 is 143 Å². The van der Waals surface area contributed by atoms with Crippen LogP contribution in [0.2, 0.25) is 0 Å². The molecule has 10 aliphatic rings. The van der Waals surface area contributed by atoms with Crippen LogP contribution in [0.4, 0.5) is 0 Å². The lowest BCUT2D eigenvalue weighted by Gasteiger charge is -2.72. The van der Waals surface area contributed by atoms with Crippen LogP contribution in [0, 0.1) is 101 Å². The van der Waals surface area contributed by atoms with Crippen LogP contribution in [0.25, 0.3) is 0 Å². The first-order valence-electron chi connectivity index (χ1n) is 28.3. The molecule has 408 valence electrons. The summed E-state index contributed by atoms with van der Waals surface area (Å²) in [6.07, 6.45) is 5.68. The summed E-state index contributed by atoms with van der Waals surface area (Å²) in [6, 6.07) is 0. The summed E-state index contributed by atoms with van der Waals surface area (Å²) in [5.41, 5.74) is -8.70. The molecule has 13 nitrogen and oxygen atoms in total. The second-order valence-corrected chi connectivity index (χ2v) is 29.7. The number of allylic oxidation sites excluding steroid dienone is 2. The zero-order valence-electron chi connectivity index (χ0n) is 46.0. The number of aliphatic carboxylic acids is 3. The van der Waals surface area contributed by atoms with Crippen LogP contribution in [0.15, 0.2) is 23.3 Å². The Kier molecular flexibility index (Phi) is 11.7. The van der Waals surface area contributed by atoms with Gasteiger partial charge in [0.05, 0.1) is 46.3 Å². The van der Waals surface area contributed by atoms with E-state index in [1.807, 2.05) is 27.7 Å². The zero-order chi connectivity index (χ0) is 53.8. The van der Waals surface area contributed by atoms with Crippen molar-refractivity contribution in [3.05, 3.63) is 23.3 Å². The smallest absolute Gasteiger partial charge is 0.315 e. The second-order valence-electron chi connectivity index (χ2n) is 29.7. The quantitative estimate of drug-likeness (QED) is 0.0949. The number of fused-ring (bicyclic) bond motifs is 14. The summed E-state index contributed by atoms with van der Waals surface area (Å²) in [6.45, 7) is 24.3. The molecule has 0 saturated heterocycles. The van der Waals surface area contributed by atoms with E-state index >= 15 is 4.79 Å². The molecule has 0 aromatic carbocycles. The molecule has 8 fully saturated rings. The fraction of sp³-hybridized carbons (Fsp3) is 0.867. The van der Waals surface area contributed by atoms with Crippen molar-refractivity contribution in [2.24, 2.45) is 101 Å². The van der Waals surface area contributed by atoms with Crippen molar-refractivity contribution in [1.82, 2.24) is 0 Å². The summed E-state index contributed by atoms with van der Waals surface area (Å²) in [7, 11) is 0. The van der Waals surface area contributed by atoms with Gasteiger partial charge in [-0.1, -0.05) is 85.6 Å². The third-order valence-electron chi connectivity index (χ3n) is 27.1. The number of rotatable bonds is 5. The first-order valence-corrected chi connectivity index (χ1v) is 28.3. The molecule has 0 spiro atoms. The number of hydrogen-bond donors (Lipinski definition) is 8. The van der Waals surface area contributed by atoms with Crippen molar-refractivity contribution in [1.29, 1.82) is 0 Å². The lowest BCUT2D eigenvalue weighted by molar-refractivity contribution is -0.266. The number of carbonyl (C=O) groups excluding carboxylic acids is 1. The standard InChI is InChI=1S/C60H90O13/c1-31-17-22-60(47(69)70)28-25-53(7)33(41(60)58(31,12)72)14-16-37-50(4)29-34(61)42(63)56(10,38(50)18-20-55(37,53)9)48(71)73-44-35(62)30-51(5)36-15-13-32-40-43(64)49(2,3)23-26-59(40,46(67)68)27-24-52(32,6)54(36,8)21-19-39(51)57(44,11)45(65)66/h13-14,31,34-44,61-64,72H,15-30H2,1-12H3,(H,65,66)(H,67,68)(H,69,70)/t31-,34-,35-,36-,37-,38?,39?,40?,41?,42-,43+,44-,50-,51-,52-,53-,54-,55-,56-,57-,58-,59+,60+/m1/s1. The van der Waals surface area contributed by atoms with E-state index in [0.29, 0.717) is 89.9 Å². The number of hydrogen-bond acceptors (Lipinski definition) is 10. The van der Waals surface area contributed by atoms with Gasteiger partial charge < -0.3 is 45.6 Å². The monoisotopic (exact) mass is 1020 g/mol. The largest absolute Gasteiger partial charge is 0.481 e. The van der Waals surface area contributed by atoms with Crippen molar-refractivity contribution in [3.8, 4) is 0 Å². The Labute approximate surface area is 433 Å². The Bertz CT molecular complexity index is 2440. The van der Waals surface area contributed by atoms with Gasteiger partial charge in [0, 0.05) is 11.8 Å². The Morgan fingerprint density at radius 3 is 1.55 bits per heavy atom. The van der Waals surface area contributed by atoms with E-state index in [1.165, 1.54) is 0 Å². The van der Waals surface area contributed by atoms with Crippen LogP contribution in [0.5, 0.6) is 0 Å². The first-order chi connectivity index (χ1) is 33.5. The summed E-state index contributed by atoms with van der Waals surface area (Å²) < 4.78 is 6.58. The zero-order valence-corrected chi connectivity index (χ0v) is 46.0. The van der Waals surface area contributed by atoms with Gasteiger partial charge in [-0.15, -0.1) is 0 Å². The molecule has 0 heterocycles. The van der Waals surface area contributed by atoms with Crippen LogP contribution < -0.4 is 0 Å². The van der Waals surface area contributed by atoms with Gasteiger partial charge in [0.15, 0.2) is 0 Å². The van der Waals surface area contributed by atoms with Crippen molar-refractivity contribution in [3.63, 3.8) is 0 Å². The highest BCUT2D eigenvalue weighted by atomic mass is 16.6. The van der Waals surface area contributed by atoms with Gasteiger partial charge in [0.25, 0.3) is 0 Å². The molecule has 13 heteroatoms. The average Bonchev–Trinajstić information content (AvgIpc) is 3.29. The maximum Gasteiger partial charge on any atom is 0.315 e. The molecule has 8 N–H and O–H groups in total. The Morgan fingerprint density at radius 2 is 1.01 bits per heavy atom. The van der Waals surface area contributed by atoms with E-state index in [0.717, 1.165) is 11.1 Å². The molecule has 0 aromatic heterocycles. The van der Waals surface area contributed by atoms with Crippen LogP contribution in [0.3, 0.4) is 0 Å². The summed E-state index contributed by atoms with van der Waals surface area (Å²) in [4.78, 5) is 56.3. The highest BCUT2D eigenvalue weighted by Crippen LogP contribution is 2.79. The van der Waals surface area contributed by atoms with Gasteiger partial charge in [-0.05, 0) is 191 Å². The number of carboxylic acid groups (broad SMARTS) is 3.